The Balaban J connectivity index is 2.24. The van der Waals surface area contributed by atoms with Gasteiger partial charge in [-0.15, -0.1) is 0 Å². The highest BCUT2D eigenvalue weighted by Gasteiger charge is 2.63. The van der Waals surface area contributed by atoms with Gasteiger partial charge in [-0.3, -0.25) is 10.1 Å². The maximum absolute atomic E-state index is 12.3. The minimum absolute atomic E-state index is 0.129. The molecule has 0 spiro atoms. The van der Waals surface area contributed by atoms with Crippen LogP contribution >= 0.6 is 0 Å². The van der Waals surface area contributed by atoms with Gasteiger partial charge in [0, 0.05) is 10.5 Å². The van der Waals surface area contributed by atoms with Crippen molar-refractivity contribution in [2.75, 3.05) is 0 Å². The molecule has 5 heteroatoms. The van der Waals surface area contributed by atoms with Crippen LogP contribution < -0.4 is 4.74 Å². The van der Waals surface area contributed by atoms with Gasteiger partial charge in [0.2, 0.25) is 0 Å². The first kappa shape index (κ1) is 12.8. The number of fused-ring (bicyclic) bond motifs is 3. The lowest BCUT2D eigenvalue weighted by Crippen LogP contribution is -2.57. The Labute approximate surface area is 116 Å². The van der Waals surface area contributed by atoms with Crippen LogP contribution in [0.4, 0.5) is 0 Å². The number of carbonyl (C=O) groups excluding carboxylic acids is 1. The van der Waals surface area contributed by atoms with Crippen LogP contribution in [0.2, 0.25) is 0 Å². The van der Waals surface area contributed by atoms with Gasteiger partial charge in [0.1, 0.15) is 5.75 Å². The van der Waals surface area contributed by atoms with E-state index >= 15 is 0 Å². The van der Waals surface area contributed by atoms with Crippen molar-refractivity contribution in [3.8, 4) is 5.75 Å². The molecular formula is C15H15NO4. The van der Waals surface area contributed by atoms with Gasteiger partial charge < -0.3 is 4.74 Å². The van der Waals surface area contributed by atoms with E-state index in [1.807, 2.05) is 26.0 Å². The molecule has 1 heterocycles. The number of benzene rings is 1. The van der Waals surface area contributed by atoms with Gasteiger partial charge in [0.15, 0.2) is 0 Å². The maximum atomic E-state index is 12.3. The zero-order valence-electron chi connectivity index (χ0n) is 11.4. The third kappa shape index (κ3) is 1.52. The molecule has 20 heavy (non-hydrogen) atoms. The smallest absolute Gasteiger partial charge is 0.391 e. The summed E-state index contributed by atoms with van der Waals surface area (Å²) in [6, 6.07) is 7.10. The SMILES string of the molecule is CC1=C(C)C[C@]2([N+](=O)[O-])C(=O)Oc3ccccc3[C@@H]2C1. The van der Waals surface area contributed by atoms with Crippen molar-refractivity contribution in [1.29, 1.82) is 0 Å². The second-order valence-corrected chi connectivity index (χ2v) is 5.60. The van der Waals surface area contributed by atoms with Crippen molar-refractivity contribution in [3.05, 3.63) is 51.1 Å². The van der Waals surface area contributed by atoms with E-state index in [9.17, 15) is 14.9 Å². The van der Waals surface area contributed by atoms with E-state index in [0.29, 0.717) is 12.2 Å². The Morgan fingerprint density at radius 1 is 1.30 bits per heavy atom. The first-order chi connectivity index (χ1) is 9.46. The summed E-state index contributed by atoms with van der Waals surface area (Å²) in [4.78, 5) is 23.5. The van der Waals surface area contributed by atoms with Gasteiger partial charge in [-0.1, -0.05) is 29.3 Å². The summed E-state index contributed by atoms with van der Waals surface area (Å²) in [6.45, 7) is 3.83. The zero-order chi connectivity index (χ0) is 14.5. The number of nitrogens with zero attached hydrogens (tertiary/aromatic N) is 1. The first-order valence-corrected chi connectivity index (χ1v) is 6.57. The number of rotatable bonds is 1. The van der Waals surface area contributed by atoms with Crippen molar-refractivity contribution >= 4 is 5.97 Å². The maximum Gasteiger partial charge on any atom is 0.391 e. The molecule has 2 aliphatic rings. The summed E-state index contributed by atoms with van der Waals surface area (Å²) >= 11 is 0. The Hall–Kier alpha value is -2.17. The van der Waals surface area contributed by atoms with E-state index in [2.05, 4.69) is 0 Å². The highest BCUT2D eigenvalue weighted by molar-refractivity contribution is 5.86. The van der Waals surface area contributed by atoms with Gasteiger partial charge in [-0.05, 0) is 26.3 Å². The lowest BCUT2D eigenvalue weighted by Gasteiger charge is -2.39. The van der Waals surface area contributed by atoms with E-state index in [1.165, 1.54) is 0 Å². The lowest BCUT2D eigenvalue weighted by atomic mass is 9.67. The molecule has 1 aliphatic heterocycles. The number of hydrogen-bond acceptors (Lipinski definition) is 4. The summed E-state index contributed by atoms with van der Waals surface area (Å²) in [7, 11) is 0. The van der Waals surface area contributed by atoms with Crippen LogP contribution in [0, 0.1) is 10.1 Å². The second-order valence-electron chi connectivity index (χ2n) is 5.60. The first-order valence-electron chi connectivity index (χ1n) is 6.57. The Bertz CT molecular complexity index is 649. The predicted molar refractivity (Wildman–Crippen MR) is 72.2 cm³/mol. The molecule has 1 aromatic rings. The van der Waals surface area contributed by atoms with Crippen molar-refractivity contribution in [2.45, 2.75) is 38.1 Å². The predicted octanol–water partition coefficient (Wildman–Crippen LogP) is 2.83. The van der Waals surface area contributed by atoms with Gasteiger partial charge in [0.25, 0.3) is 0 Å². The van der Waals surface area contributed by atoms with E-state index in [4.69, 9.17) is 4.74 Å². The average molecular weight is 273 g/mol. The molecule has 1 aliphatic carbocycles. The molecule has 3 rings (SSSR count). The van der Waals surface area contributed by atoms with Crippen LogP contribution in [0.25, 0.3) is 0 Å². The highest BCUT2D eigenvalue weighted by Crippen LogP contribution is 2.50. The lowest BCUT2D eigenvalue weighted by molar-refractivity contribution is -0.561. The fourth-order valence-corrected chi connectivity index (χ4v) is 3.23. The Morgan fingerprint density at radius 3 is 2.70 bits per heavy atom. The monoisotopic (exact) mass is 273 g/mol. The quantitative estimate of drug-likeness (QED) is 0.259. The van der Waals surface area contributed by atoms with Gasteiger partial charge in [-0.2, -0.15) is 0 Å². The van der Waals surface area contributed by atoms with Crippen LogP contribution in [-0.4, -0.2) is 16.4 Å². The van der Waals surface area contributed by atoms with Crippen LogP contribution in [0.1, 0.15) is 38.2 Å². The summed E-state index contributed by atoms with van der Waals surface area (Å²) in [5.74, 6) is -0.732. The van der Waals surface area contributed by atoms with Crippen molar-refractivity contribution in [2.24, 2.45) is 0 Å². The van der Waals surface area contributed by atoms with Crippen LogP contribution in [0.15, 0.2) is 35.4 Å². The molecular weight excluding hydrogens is 258 g/mol. The number of para-hydroxylation sites is 1. The molecule has 5 nitrogen and oxygen atoms in total. The van der Waals surface area contributed by atoms with E-state index in [0.717, 1.165) is 16.7 Å². The van der Waals surface area contributed by atoms with Crippen LogP contribution in [0.5, 0.6) is 5.75 Å². The van der Waals surface area contributed by atoms with Crippen molar-refractivity contribution < 1.29 is 14.5 Å². The summed E-state index contributed by atoms with van der Waals surface area (Å²) < 4.78 is 5.25. The van der Waals surface area contributed by atoms with Crippen LogP contribution in [0.3, 0.4) is 0 Å². The van der Waals surface area contributed by atoms with E-state index < -0.39 is 22.3 Å². The molecule has 104 valence electrons. The number of allylic oxidation sites excluding steroid dienone is 1. The second kappa shape index (κ2) is 4.16. The third-order valence-electron chi connectivity index (χ3n) is 4.53. The summed E-state index contributed by atoms with van der Waals surface area (Å²) in [6.07, 6.45) is 0.655. The van der Waals surface area contributed by atoms with E-state index in [1.54, 1.807) is 12.1 Å². The molecule has 1 aromatic carbocycles. The van der Waals surface area contributed by atoms with Crippen molar-refractivity contribution in [3.63, 3.8) is 0 Å². The number of carbonyl (C=O) groups is 1. The van der Waals surface area contributed by atoms with Crippen molar-refractivity contribution in [1.82, 2.24) is 0 Å². The Morgan fingerprint density at radius 2 is 2.00 bits per heavy atom. The van der Waals surface area contributed by atoms with Gasteiger partial charge in [0.05, 0.1) is 12.3 Å². The molecule has 0 aromatic heterocycles. The largest absolute Gasteiger partial charge is 0.421 e. The summed E-state index contributed by atoms with van der Waals surface area (Å²) in [5, 5.41) is 11.7. The molecule has 2 atom stereocenters. The number of hydrogen-bond donors (Lipinski definition) is 0. The topological polar surface area (TPSA) is 69.4 Å². The number of esters is 1. The molecule has 0 unspecified atom stereocenters. The standard InChI is InChI=1S/C15H15NO4/c1-9-7-12-11-5-3-4-6-13(11)20-14(17)15(12,16(18)19)8-10(9)2/h3-6,12H,7-8H2,1-2H3/t12-,15+/m0/s1. The van der Waals surface area contributed by atoms with Crippen LogP contribution in [-0.2, 0) is 4.79 Å². The minimum atomic E-state index is -1.67. The fraction of sp³-hybridized carbons (Fsp3) is 0.400. The van der Waals surface area contributed by atoms with Gasteiger partial charge in [-0.25, -0.2) is 4.79 Å². The molecule has 0 fully saturated rings. The molecule has 0 amide bonds. The molecule has 0 radical (unpaired) electrons. The molecule has 0 N–H and O–H groups in total. The molecule has 0 saturated heterocycles. The minimum Gasteiger partial charge on any atom is -0.421 e. The normalized spacial score (nSPS) is 28.5. The summed E-state index contributed by atoms with van der Waals surface area (Å²) in [5.41, 5.74) is 1.12. The van der Waals surface area contributed by atoms with E-state index in [-0.39, 0.29) is 6.42 Å². The molecule has 0 saturated carbocycles. The van der Waals surface area contributed by atoms with Gasteiger partial charge >= 0.3 is 11.5 Å². The number of nitro groups is 1. The Kier molecular flexibility index (Phi) is 2.67. The number of ether oxygens (including phenoxy) is 1. The average Bonchev–Trinajstić information content (AvgIpc) is 2.41. The fourth-order valence-electron chi connectivity index (χ4n) is 3.23. The molecule has 0 bridgehead atoms. The highest BCUT2D eigenvalue weighted by atomic mass is 16.6. The zero-order valence-corrected chi connectivity index (χ0v) is 11.4. The third-order valence-corrected chi connectivity index (χ3v) is 4.53.